The number of nitrogens with one attached hydrogen (secondary N) is 3. The lowest BCUT2D eigenvalue weighted by atomic mass is 9.94. The van der Waals surface area contributed by atoms with Crippen LogP contribution >= 0.6 is 0 Å². The van der Waals surface area contributed by atoms with Gasteiger partial charge in [0.2, 0.25) is 5.91 Å². The average molecular weight is 400 g/mol. The number of benzene rings is 1. The Morgan fingerprint density at radius 1 is 1.38 bits per heavy atom. The molecule has 154 valence electrons. The molecule has 1 aromatic carbocycles. The minimum Gasteiger partial charge on any atom is -0.370 e. The lowest BCUT2D eigenvalue weighted by Gasteiger charge is -2.20. The molecular weight excluding hydrogens is 375 g/mol. The van der Waals surface area contributed by atoms with Crippen LogP contribution in [-0.2, 0) is 11.8 Å². The molecule has 2 aliphatic heterocycles. The molecule has 29 heavy (non-hydrogen) atoms. The third-order valence-corrected chi connectivity index (χ3v) is 5.70. The summed E-state index contributed by atoms with van der Waals surface area (Å²) >= 11 is 0. The maximum absolute atomic E-state index is 13.5. The second-order valence-electron chi connectivity index (χ2n) is 7.69. The van der Waals surface area contributed by atoms with Gasteiger partial charge in [0.25, 0.3) is 5.56 Å². The SMILES string of the molecule is Cn1ncc(N2CCC(CNC(=O)C3CNNC3c3cccc(F)c3)C2)cc1=O. The number of rotatable bonds is 5. The van der Waals surface area contributed by atoms with E-state index in [0.29, 0.717) is 19.0 Å². The van der Waals surface area contributed by atoms with Crippen molar-refractivity contribution in [2.24, 2.45) is 18.9 Å². The van der Waals surface area contributed by atoms with Crippen LogP contribution in [0.3, 0.4) is 0 Å². The number of aromatic nitrogens is 2. The summed E-state index contributed by atoms with van der Waals surface area (Å²) in [6, 6.07) is 7.65. The van der Waals surface area contributed by atoms with Crippen LogP contribution in [0.25, 0.3) is 0 Å². The van der Waals surface area contributed by atoms with Gasteiger partial charge in [0.15, 0.2) is 0 Å². The number of aryl methyl sites for hydroxylation is 1. The van der Waals surface area contributed by atoms with Gasteiger partial charge in [-0.05, 0) is 30.0 Å². The molecule has 2 aliphatic rings. The minimum absolute atomic E-state index is 0.0505. The molecule has 0 aliphatic carbocycles. The number of amides is 1. The van der Waals surface area contributed by atoms with Gasteiger partial charge in [0.05, 0.1) is 23.8 Å². The number of hydrazine groups is 1. The predicted molar refractivity (Wildman–Crippen MR) is 107 cm³/mol. The van der Waals surface area contributed by atoms with Crippen molar-refractivity contribution in [2.75, 3.05) is 31.1 Å². The lowest BCUT2D eigenvalue weighted by Crippen LogP contribution is -2.38. The number of hydrogen-bond acceptors (Lipinski definition) is 6. The highest BCUT2D eigenvalue weighted by Gasteiger charge is 2.34. The predicted octanol–water partition coefficient (Wildman–Crippen LogP) is 0.327. The van der Waals surface area contributed by atoms with E-state index in [-0.39, 0.29) is 29.2 Å². The second kappa shape index (κ2) is 8.30. The van der Waals surface area contributed by atoms with Crippen LogP contribution < -0.4 is 26.6 Å². The Bertz CT molecular complexity index is 949. The second-order valence-corrected chi connectivity index (χ2v) is 7.69. The molecule has 2 aromatic rings. The van der Waals surface area contributed by atoms with E-state index in [1.807, 2.05) is 6.07 Å². The minimum atomic E-state index is -0.313. The van der Waals surface area contributed by atoms with Crippen LogP contribution in [0, 0.1) is 17.7 Å². The average Bonchev–Trinajstić information content (AvgIpc) is 3.38. The Morgan fingerprint density at radius 3 is 3.03 bits per heavy atom. The monoisotopic (exact) mass is 400 g/mol. The quantitative estimate of drug-likeness (QED) is 0.670. The van der Waals surface area contributed by atoms with E-state index in [1.54, 1.807) is 25.4 Å². The maximum Gasteiger partial charge on any atom is 0.268 e. The van der Waals surface area contributed by atoms with Crippen molar-refractivity contribution in [3.05, 3.63) is 58.3 Å². The molecule has 0 spiro atoms. The van der Waals surface area contributed by atoms with Gasteiger partial charge in [0.1, 0.15) is 5.82 Å². The molecule has 3 N–H and O–H groups in total. The summed E-state index contributed by atoms with van der Waals surface area (Å²) in [6.45, 7) is 2.65. The standard InChI is InChI=1S/C20H25FN6O2/c1-26-18(28)8-16(10-24-26)27-6-5-13(12-27)9-22-20(29)17-11-23-25-19(17)14-3-2-4-15(21)7-14/h2-4,7-8,10,13,17,19,23,25H,5-6,9,11-12H2,1H3,(H,22,29). The molecule has 0 radical (unpaired) electrons. The van der Waals surface area contributed by atoms with E-state index >= 15 is 0 Å². The van der Waals surface area contributed by atoms with Crippen molar-refractivity contribution >= 4 is 11.6 Å². The smallest absolute Gasteiger partial charge is 0.268 e. The summed E-state index contributed by atoms with van der Waals surface area (Å²) in [5, 5.41) is 7.12. The zero-order valence-electron chi connectivity index (χ0n) is 16.3. The highest BCUT2D eigenvalue weighted by Crippen LogP contribution is 2.26. The summed E-state index contributed by atoms with van der Waals surface area (Å²) in [4.78, 5) is 26.7. The third kappa shape index (κ3) is 4.30. The number of carbonyl (C=O) groups excluding carboxylic acids is 1. The molecule has 0 saturated carbocycles. The van der Waals surface area contributed by atoms with Gasteiger partial charge in [-0.1, -0.05) is 12.1 Å². The maximum atomic E-state index is 13.5. The molecule has 3 unspecified atom stereocenters. The van der Waals surface area contributed by atoms with Crippen LogP contribution in [0.1, 0.15) is 18.0 Å². The molecule has 0 bridgehead atoms. The van der Waals surface area contributed by atoms with Gasteiger partial charge in [0, 0.05) is 39.3 Å². The molecule has 1 amide bonds. The Labute approximate surface area is 168 Å². The van der Waals surface area contributed by atoms with Crippen molar-refractivity contribution < 1.29 is 9.18 Å². The van der Waals surface area contributed by atoms with E-state index in [2.05, 4.69) is 26.2 Å². The number of nitrogens with zero attached hydrogens (tertiary/aromatic N) is 3. The summed E-state index contributed by atoms with van der Waals surface area (Å²) in [7, 11) is 1.62. The van der Waals surface area contributed by atoms with Crippen molar-refractivity contribution in [1.82, 2.24) is 25.9 Å². The molecule has 2 saturated heterocycles. The van der Waals surface area contributed by atoms with E-state index in [0.717, 1.165) is 30.8 Å². The Hall–Kier alpha value is -2.78. The van der Waals surface area contributed by atoms with Crippen molar-refractivity contribution in [3.8, 4) is 0 Å². The van der Waals surface area contributed by atoms with Crippen LogP contribution in [0.15, 0.2) is 41.3 Å². The van der Waals surface area contributed by atoms with Crippen LogP contribution in [0.4, 0.5) is 10.1 Å². The first-order chi connectivity index (χ1) is 14.0. The molecule has 2 fully saturated rings. The van der Waals surface area contributed by atoms with Crippen molar-refractivity contribution in [1.29, 1.82) is 0 Å². The van der Waals surface area contributed by atoms with Gasteiger partial charge in [-0.25, -0.2) is 14.5 Å². The van der Waals surface area contributed by atoms with E-state index in [4.69, 9.17) is 0 Å². The van der Waals surface area contributed by atoms with Gasteiger partial charge in [-0.3, -0.25) is 15.0 Å². The third-order valence-electron chi connectivity index (χ3n) is 5.70. The first-order valence-electron chi connectivity index (χ1n) is 9.81. The van der Waals surface area contributed by atoms with Gasteiger partial charge < -0.3 is 10.2 Å². The Balaban J connectivity index is 1.32. The number of halogens is 1. The molecule has 4 rings (SSSR count). The van der Waals surface area contributed by atoms with E-state index in [9.17, 15) is 14.0 Å². The Kier molecular flexibility index (Phi) is 5.59. The largest absolute Gasteiger partial charge is 0.370 e. The fourth-order valence-corrected chi connectivity index (χ4v) is 4.00. The van der Waals surface area contributed by atoms with E-state index in [1.165, 1.54) is 16.8 Å². The highest BCUT2D eigenvalue weighted by molar-refractivity contribution is 5.80. The number of hydrogen-bond donors (Lipinski definition) is 3. The van der Waals surface area contributed by atoms with Crippen molar-refractivity contribution in [3.63, 3.8) is 0 Å². The molecule has 3 heterocycles. The normalized spacial score (nSPS) is 24.1. The van der Waals surface area contributed by atoms with Gasteiger partial charge in [-0.2, -0.15) is 5.10 Å². The summed E-state index contributed by atoms with van der Waals surface area (Å²) in [5.41, 5.74) is 7.51. The van der Waals surface area contributed by atoms with Gasteiger partial charge >= 0.3 is 0 Å². The van der Waals surface area contributed by atoms with Gasteiger partial charge in [-0.15, -0.1) is 0 Å². The summed E-state index contributed by atoms with van der Waals surface area (Å²) < 4.78 is 14.8. The fraction of sp³-hybridized carbons (Fsp3) is 0.450. The van der Waals surface area contributed by atoms with Crippen molar-refractivity contribution in [2.45, 2.75) is 12.5 Å². The van der Waals surface area contributed by atoms with Crippen LogP contribution in [-0.4, -0.2) is 41.9 Å². The highest BCUT2D eigenvalue weighted by atomic mass is 19.1. The van der Waals surface area contributed by atoms with E-state index < -0.39 is 0 Å². The number of carbonyl (C=O) groups is 1. The first-order valence-corrected chi connectivity index (χ1v) is 9.81. The zero-order valence-corrected chi connectivity index (χ0v) is 16.3. The fourth-order valence-electron chi connectivity index (χ4n) is 4.00. The summed E-state index contributed by atoms with van der Waals surface area (Å²) in [5.74, 6) is -0.370. The van der Waals surface area contributed by atoms with Crippen LogP contribution in [0.5, 0.6) is 0 Å². The number of anilines is 1. The summed E-state index contributed by atoms with van der Waals surface area (Å²) in [6.07, 6.45) is 2.63. The molecular formula is C20H25FN6O2. The molecule has 8 nitrogen and oxygen atoms in total. The lowest BCUT2D eigenvalue weighted by molar-refractivity contribution is -0.125. The molecule has 3 atom stereocenters. The van der Waals surface area contributed by atoms with Crippen LogP contribution in [0.2, 0.25) is 0 Å². The Morgan fingerprint density at radius 2 is 2.24 bits per heavy atom. The molecule has 9 heteroatoms. The zero-order chi connectivity index (χ0) is 20.4. The molecule has 1 aromatic heterocycles. The topological polar surface area (TPSA) is 91.3 Å². The first kappa shape index (κ1) is 19.5.